The van der Waals surface area contributed by atoms with Crippen LogP contribution in [0, 0.1) is 0 Å². The summed E-state index contributed by atoms with van der Waals surface area (Å²) in [7, 11) is -2.21. The predicted octanol–water partition coefficient (Wildman–Crippen LogP) is 0.619. The number of amides is 2. The monoisotopic (exact) mass is 381 g/mol. The minimum absolute atomic E-state index is 0.0452. The van der Waals surface area contributed by atoms with Crippen molar-refractivity contribution in [3.8, 4) is 0 Å². The number of rotatable bonds is 7. The number of nitrogens with two attached hydrogens (primary N) is 1. The van der Waals surface area contributed by atoms with Gasteiger partial charge in [0.05, 0.1) is 4.90 Å². The number of hydrogen-bond acceptors (Lipinski definition) is 7. The Morgan fingerprint density at radius 2 is 1.77 bits per heavy atom. The number of anilines is 1. The topological polar surface area (TPSA) is 134 Å². The third-order valence-corrected chi connectivity index (χ3v) is 4.92. The number of carbonyl (C=O) groups is 2. The number of carbonyl (C=O) groups excluding carboxylic acids is 2. The Balaban J connectivity index is 3.02. The molecule has 0 saturated heterocycles. The summed E-state index contributed by atoms with van der Waals surface area (Å²) in [5, 5.41) is 2.57. The fraction of sp³-hybridized carbons (Fsp3) is 0.312. The van der Waals surface area contributed by atoms with Gasteiger partial charge in [-0.2, -0.15) is 0 Å². The van der Waals surface area contributed by atoms with E-state index >= 15 is 0 Å². The van der Waals surface area contributed by atoms with E-state index < -0.39 is 21.8 Å². The second-order valence-electron chi connectivity index (χ2n) is 5.74. The third-order valence-electron chi connectivity index (χ3n) is 3.47. The van der Waals surface area contributed by atoms with Crippen LogP contribution in [0.15, 0.2) is 45.7 Å². The molecule has 9 nitrogen and oxygen atoms in total. The molecule has 1 aromatic rings. The highest BCUT2D eigenvalue weighted by atomic mass is 32.2. The molecule has 0 heterocycles. The van der Waals surface area contributed by atoms with Crippen molar-refractivity contribution < 1.29 is 18.0 Å². The quantitative estimate of drug-likeness (QED) is 0.468. The molecule has 0 aliphatic rings. The third kappa shape index (κ3) is 5.31. The predicted molar refractivity (Wildman–Crippen MR) is 99.7 cm³/mol. The summed E-state index contributed by atoms with van der Waals surface area (Å²) in [5.41, 5.74) is 6.23. The van der Waals surface area contributed by atoms with Gasteiger partial charge < -0.3 is 16.0 Å². The van der Waals surface area contributed by atoms with E-state index in [2.05, 4.69) is 17.0 Å². The van der Waals surface area contributed by atoms with Crippen LogP contribution in [0.4, 0.5) is 5.69 Å². The van der Waals surface area contributed by atoms with Gasteiger partial charge in [-0.3, -0.25) is 14.6 Å². The van der Waals surface area contributed by atoms with E-state index in [0.717, 1.165) is 6.92 Å². The fourth-order valence-corrected chi connectivity index (χ4v) is 2.86. The molecular formula is C16H23N5O4S. The molecule has 1 rings (SSSR count). The summed E-state index contributed by atoms with van der Waals surface area (Å²) in [6.07, 6.45) is 0. The van der Waals surface area contributed by atoms with Crippen molar-refractivity contribution in [2.24, 2.45) is 10.7 Å². The summed E-state index contributed by atoms with van der Waals surface area (Å²) in [4.78, 5) is 28.5. The largest absolute Gasteiger partial charge is 0.383 e. The molecule has 142 valence electrons. The zero-order valence-corrected chi connectivity index (χ0v) is 15.9. The first kappa shape index (κ1) is 21.2. The van der Waals surface area contributed by atoms with E-state index in [1.165, 1.54) is 24.3 Å². The van der Waals surface area contributed by atoms with Gasteiger partial charge in [-0.05, 0) is 44.8 Å². The highest BCUT2D eigenvalue weighted by Crippen LogP contribution is 2.16. The zero-order chi connectivity index (χ0) is 20.1. The number of nitrogens with zero attached hydrogens (tertiary/aromatic N) is 2. The first-order chi connectivity index (χ1) is 12.0. The van der Waals surface area contributed by atoms with Crippen LogP contribution in [0.25, 0.3) is 0 Å². The summed E-state index contributed by atoms with van der Waals surface area (Å²) in [5.74, 6) is -1.11. The Morgan fingerprint density at radius 1 is 1.23 bits per heavy atom. The molecular weight excluding hydrogens is 358 g/mol. The molecule has 0 aromatic heterocycles. The molecule has 0 aliphatic carbocycles. The van der Waals surface area contributed by atoms with Crippen LogP contribution in [0.5, 0.6) is 0 Å². The van der Waals surface area contributed by atoms with Crippen LogP contribution in [-0.2, 0) is 19.6 Å². The van der Waals surface area contributed by atoms with Crippen LogP contribution in [0.1, 0.15) is 20.8 Å². The molecule has 26 heavy (non-hydrogen) atoms. The second-order valence-corrected chi connectivity index (χ2v) is 7.42. The van der Waals surface area contributed by atoms with Gasteiger partial charge >= 0.3 is 0 Å². The SMILES string of the molecule is C=N/C(C(=O)Nc1ccc(S(=O)(=O)NC(C)=O)cc1)=C(/N)N(C)C(C)C. The molecule has 10 heteroatoms. The van der Waals surface area contributed by atoms with Crippen LogP contribution in [0.3, 0.4) is 0 Å². The standard InChI is InChI=1S/C16H23N5O4S/c1-10(2)21(5)15(17)14(18-4)16(23)19-12-6-8-13(9-7-12)26(24,25)20-11(3)22/h6-10H,4,17H2,1-3,5H3,(H,19,23)(H,20,22)/b15-14-. The Kier molecular flexibility index (Phi) is 6.90. The normalized spacial score (nSPS) is 12.2. The van der Waals surface area contributed by atoms with Gasteiger partial charge in [0.2, 0.25) is 5.91 Å². The maximum Gasteiger partial charge on any atom is 0.277 e. The van der Waals surface area contributed by atoms with E-state index in [0.29, 0.717) is 5.69 Å². The molecule has 0 unspecified atom stereocenters. The maximum atomic E-state index is 12.4. The Morgan fingerprint density at radius 3 is 2.19 bits per heavy atom. The van der Waals surface area contributed by atoms with E-state index in [-0.39, 0.29) is 22.5 Å². The number of aliphatic imine (C=N–C) groups is 1. The molecule has 4 N–H and O–H groups in total. The van der Waals surface area contributed by atoms with Crippen LogP contribution >= 0.6 is 0 Å². The van der Waals surface area contributed by atoms with Crippen molar-refractivity contribution in [1.82, 2.24) is 9.62 Å². The van der Waals surface area contributed by atoms with Gasteiger partial charge in [0.15, 0.2) is 5.70 Å². The lowest BCUT2D eigenvalue weighted by molar-refractivity contribution is -0.117. The highest BCUT2D eigenvalue weighted by Gasteiger charge is 2.18. The maximum absolute atomic E-state index is 12.4. The molecule has 0 aliphatic heterocycles. The minimum Gasteiger partial charge on any atom is -0.383 e. The molecule has 0 spiro atoms. The van der Waals surface area contributed by atoms with E-state index in [1.54, 1.807) is 11.9 Å². The lowest BCUT2D eigenvalue weighted by Gasteiger charge is -2.24. The van der Waals surface area contributed by atoms with Crippen molar-refractivity contribution in [1.29, 1.82) is 0 Å². The van der Waals surface area contributed by atoms with Crippen molar-refractivity contribution in [2.45, 2.75) is 31.7 Å². The molecule has 0 atom stereocenters. The van der Waals surface area contributed by atoms with E-state index in [4.69, 9.17) is 5.73 Å². The minimum atomic E-state index is -3.94. The summed E-state index contributed by atoms with van der Waals surface area (Å²) in [6, 6.07) is 5.34. The summed E-state index contributed by atoms with van der Waals surface area (Å²) >= 11 is 0. The Labute approximate surface area is 153 Å². The number of sulfonamides is 1. The molecule has 0 bridgehead atoms. The van der Waals surface area contributed by atoms with Gasteiger partial charge in [-0.15, -0.1) is 0 Å². The zero-order valence-electron chi connectivity index (χ0n) is 15.1. The summed E-state index contributed by atoms with van der Waals surface area (Å²) in [6.45, 7) is 8.27. The average molecular weight is 381 g/mol. The Hall–Kier alpha value is -2.88. The smallest absolute Gasteiger partial charge is 0.277 e. The van der Waals surface area contributed by atoms with Gasteiger partial charge in [0.1, 0.15) is 5.82 Å². The molecule has 0 radical (unpaired) electrons. The Bertz CT molecular complexity index is 829. The molecule has 0 saturated carbocycles. The van der Waals surface area contributed by atoms with E-state index in [1.807, 2.05) is 18.6 Å². The molecule has 1 aromatic carbocycles. The van der Waals surface area contributed by atoms with Crippen LogP contribution in [0.2, 0.25) is 0 Å². The first-order valence-corrected chi connectivity index (χ1v) is 9.12. The van der Waals surface area contributed by atoms with Gasteiger partial charge in [0.25, 0.3) is 15.9 Å². The van der Waals surface area contributed by atoms with Gasteiger partial charge in [-0.25, -0.2) is 13.1 Å². The summed E-state index contributed by atoms with van der Waals surface area (Å²) < 4.78 is 25.6. The van der Waals surface area contributed by atoms with Crippen LogP contribution < -0.4 is 15.8 Å². The lowest BCUT2D eigenvalue weighted by Crippen LogP contribution is -2.33. The van der Waals surface area contributed by atoms with Gasteiger partial charge in [-0.1, -0.05) is 0 Å². The molecule has 0 fully saturated rings. The van der Waals surface area contributed by atoms with E-state index in [9.17, 15) is 18.0 Å². The lowest BCUT2D eigenvalue weighted by atomic mass is 10.3. The number of benzene rings is 1. The molecule has 2 amide bonds. The first-order valence-electron chi connectivity index (χ1n) is 7.63. The van der Waals surface area contributed by atoms with Gasteiger partial charge in [0, 0.05) is 25.7 Å². The van der Waals surface area contributed by atoms with Crippen molar-refractivity contribution in [2.75, 3.05) is 12.4 Å². The average Bonchev–Trinajstić information content (AvgIpc) is 2.53. The van der Waals surface area contributed by atoms with Crippen molar-refractivity contribution in [3.63, 3.8) is 0 Å². The highest BCUT2D eigenvalue weighted by molar-refractivity contribution is 7.90. The second kappa shape index (κ2) is 8.48. The fourth-order valence-electron chi connectivity index (χ4n) is 1.87. The van der Waals surface area contributed by atoms with Crippen molar-refractivity contribution >= 4 is 34.2 Å². The number of nitrogens with one attached hydrogen (secondary N) is 2. The van der Waals surface area contributed by atoms with Crippen molar-refractivity contribution in [3.05, 3.63) is 35.8 Å². The van der Waals surface area contributed by atoms with Crippen LogP contribution in [-0.4, -0.2) is 44.9 Å². The number of hydrogen-bond donors (Lipinski definition) is 3.